The summed E-state index contributed by atoms with van der Waals surface area (Å²) in [6.45, 7) is 0. The fourth-order valence-electron chi connectivity index (χ4n) is 1.30. The lowest BCUT2D eigenvalue weighted by molar-refractivity contribution is 1.19. The smallest absolute Gasteiger partial charge is 0.221 e. The molecule has 0 atom stereocenters. The van der Waals surface area contributed by atoms with Gasteiger partial charge in [0.1, 0.15) is 5.15 Å². The van der Waals surface area contributed by atoms with Crippen molar-refractivity contribution in [3.63, 3.8) is 0 Å². The highest BCUT2D eigenvalue weighted by Gasteiger charge is 2.03. The van der Waals surface area contributed by atoms with Crippen LogP contribution in [0.2, 0.25) is 5.15 Å². The summed E-state index contributed by atoms with van der Waals surface area (Å²) in [5.41, 5.74) is 7.57. The van der Waals surface area contributed by atoms with E-state index in [2.05, 4.69) is 9.97 Å². The number of hydrogen-bond donors (Lipinski definition) is 1. The number of anilines is 1. The zero-order valence-electron chi connectivity index (χ0n) is 8.18. The number of halogens is 1. The number of rotatable bonds is 1. The Bertz CT molecular complexity index is 537. The van der Waals surface area contributed by atoms with Gasteiger partial charge in [0.15, 0.2) is 0 Å². The molecule has 1 heterocycles. The van der Waals surface area contributed by atoms with Crippen molar-refractivity contribution in [2.45, 2.75) is 0 Å². The van der Waals surface area contributed by atoms with Crippen LogP contribution in [0, 0.1) is 11.3 Å². The van der Waals surface area contributed by atoms with Crippen LogP contribution in [0.3, 0.4) is 0 Å². The van der Waals surface area contributed by atoms with Crippen LogP contribution in [0.25, 0.3) is 11.3 Å². The first kappa shape index (κ1) is 10.4. The molecule has 0 saturated heterocycles. The minimum absolute atomic E-state index is 0.131. The normalized spacial score (nSPS) is 9.75. The lowest BCUT2D eigenvalue weighted by Gasteiger charge is -2.02. The molecular weight excluding hydrogens is 224 g/mol. The summed E-state index contributed by atoms with van der Waals surface area (Å²) in [6, 6.07) is 10.7. The van der Waals surface area contributed by atoms with Crippen LogP contribution >= 0.6 is 11.6 Å². The van der Waals surface area contributed by atoms with E-state index in [1.165, 1.54) is 0 Å². The van der Waals surface area contributed by atoms with Gasteiger partial charge in [-0.1, -0.05) is 23.7 Å². The van der Waals surface area contributed by atoms with Gasteiger partial charge >= 0.3 is 0 Å². The quantitative estimate of drug-likeness (QED) is 0.763. The van der Waals surface area contributed by atoms with E-state index in [1.807, 2.05) is 6.07 Å². The van der Waals surface area contributed by atoms with Crippen molar-refractivity contribution in [3.05, 3.63) is 41.0 Å². The maximum atomic E-state index is 8.67. The number of hydrogen-bond acceptors (Lipinski definition) is 4. The van der Waals surface area contributed by atoms with E-state index in [1.54, 1.807) is 30.3 Å². The zero-order chi connectivity index (χ0) is 11.5. The van der Waals surface area contributed by atoms with E-state index in [4.69, 9.17) is 22.6 Å². The molecule has 0 radical (unpaired) electrons. The zero-order valence-corrected chi connectivity index (χ0v) is 8.94. The number of nitriles is 1. The Hall–Kier alpha value is -2.12. The molecule has 0 aliphatic rings. The van der Waals surface area contributed by atoms with Crippen molar-refractivity contribution in [2.75, 3.05) is 5.73 Å². The monoisotopic (exact) mass is 230 g/mol. The second kappa shape index (κ2) is 4.17. The number of benzene rings is 1. The lowest BCUT2D eigenvalue weighted by Crippen LogP contribution is -1.96. The van der Waals surface area contributed by atoms with Crippen LogP contribution in [0.1, 0.15) is 5.56 Å². The van der Waals surface area contributed by atoms with Crippen molar-refractivity contribution in [1.29, 1.82) is 5.26 Å². The molecule has 2 aromatic rings. The van der Waals surface area contributed by atoms with Gasteiger partial charge in [0, 0.05) is 11.6 Å². The van der Waals surface area contributed by atoms with Crippen LogP contribution in [0.5, 0.6) is 0 Å². The second-order valence-electron chi connectivity index (χ2n) is 3.12. The van der Waals surface area contributed by atoms with Crippen molar-refractivity contribution in [1.82, 2.24) is 9.97 Å². The standard InChI is InChI=1S/C11H7ClN4/c12-10-5-9(15-11(14)16-10)8-3-1-7(6-13)2-4-8/h1-5H,(H2,14,15,16). The molecule has 0 aliphatic carbocycles. The molecule has 4 nitrogen and oxygen atoms in total. The van der Waals surface area contributed by atoms with E-state index in [9.17, 15) is 0 Å². The summed E-state index contributed by atoms with van der Waals surface area (Å²) < 4.78 is 0. The van der Waals surface area contributed by atoms with Crippen LogP contribution in [-0.4, -0.2) is 9.97 Å². The van der Waals surface area contributed by atoms with Gasteiger partial charge in [-0.05, 0) is 12.1 Å². The van der Waals surface area contributed by atoms with Crippen LogP contribution < -0.4 is 5.73 Å². The molecule has 0 saturated carbocycles. The van der Waals surface area contributed by atoms with Crippen molar-refractivity contribution in [3.8, 4) is 17.3 Å². The molecule has 0 aliphatic heterocycles. The van der Waals surface area contributed by atoms with Gasteiger partial charge in [0.25, 0.3) is 0 Å². The topological polar surface area (TPSA) is 75.6 Å². The second-order valence-corrected chi connectivity index (χ2v) is 3.51. The third-order valence-corrected chi connectivity index (χ3v) is 2.22. The Balaban J connectivity index is 2.47. The summed E-state index contributed by atoms with van der Waals surface area (Å²) in [4.78, 5) is 7.83. The summed E-state index contributed by atoms with van der Waals surface area (Å²) in [6.07, 6.45) is 0. The summed E-state index contributed by atoms with van der Waals surface area (Å²) in [5.74, 6) is 0.131. The van der Waals surface area contributed by atoms with E-state index >= 15 is 0 Å². The van der Waals surface area contributed by atoms with Crippen LogP contribution in [0.15, 0.2) is 30.3 Å². The molecule has 16 heavy (non-hydrogen) atoms. The van der Waals surface area contributed by atoms with Crippen molar-refractivity contribution < 1.29 is 0 Å². The Labute approximate surface area is 97.3 Å². The summed E-state index contributed by atoms with van der Waals surface area (Å²) in [5, 5.41) is 8.97. The highest BCUT2D eigenvalue weighted by Crippen LogP contribution is 2.20. The molecule has 2 N–H and O–H groups in total. The number of aromatic nitrogens is 2. The van der Waals surface area contributed by atoms with Crippen LogP contribution in [-0.2, 0) is 0 Å². The van der Waals surface area contributed by atoms with Gasteiger partial charge in [0.2, 0.25) is 5.95 Å². The van der Waals surface area contributed by atoms with E-state index in [0.717, 1.165) is 5.56 Å². The number of nitrogens with two attached hydrogens (primary N) is 1. The minimum Gasteiger partial charge on any atom is -0.368 e. The fraction of sp³-hybridized carbons (Fsp3) is 0. The molecular formula is C11H7ClN4. The first-order valence-electron chi connectivity index (χ1n) is 4.49. The third kappa shape index (κ3) is 2.10. The number of nitrogen functional groups attached to an aromatic ring is 1. The summed E-state index contributed by atoms with van der Waals surface area (Å²) >= 11 is 5.78. The first-order chi connectivity index (χ1) is 7.69. The molecule has 0 spiro atoms. The van der Waals surface area contributed by atoms with Gasteiger partial charge in [0.05, 0.1) is 17.3 Å². The Kier molecular flexibility index (Phi) is 2.71. The molecule has 0 fully saturated rings. The van der Waals surface area contributed by atoms with E-state index < -0.39 is 0 Å². The SMILES string of the molecule is N#Cc1ccc(-c2cc(Cl)nc(N)n2)cc1. The largest absolute Gasteiger partial charge is 0.368 e. The minimum atomic E-state index is 0.131. The molecule has 1 aromatic heterocycles. The maximum absolute atomic E-state index is 8.67. The molecule has 0 bridgehead atoms. The van der Waals surface area contributed by atoms with Crippen LogP contribution in [0.4, 0.5) is 5.95 Å². The Morgan fingerprint density at radius 3 is 2.44 bits per heavy atom. The van der Waals surface area contributed by atoms with Crippen molar-refractivity contribution in [2.24, 2.45) is 0 Å². The third-order valence-electron chi connectivity index (χ3n) is 2.02. The predicted molar refractivity (Wildman–Crippen MR) is 61.6 cm³/mol. The van der Waals surface area contributed by atoms with Gasteiger partial charge < -0.3 is 5.73 Å². The Morgan fingerprint density at radius 1 is 1.19 bits per heavy atom. The molecule has 0 amide bonds. The lowest BCUT2D eigenvalue weighted by atomic mass is 10.1. The molecule has 78 valence electrons. The highest BCUT2D eigenvalue weighted by atomic mass is 35.5. The average Bonchev–Trinajstić information content (AvgIpc) is 2.28. The van der Waals surface area contributed by atoms with Gasteiger partial charge in [-0.3, -0.25) is 0 Å². The average molecular weight is 231 g/mol. The van der Waals surface area contributed by atoms with Gasteiger partial charge in [-0.15, -0.1) is 0 Å². The van der Waals surface area contributed by atoms with Gasteiger partial charge in [-0.2, -0.15) is 5.26 Å². The predicted octanol–water partition coefficient (Wildman–Crippen LogP) is 2.25. The number of nitrogens with zero attached hydrogens (tertiary/aromatic N) is 3. The highest BCUT2D eigenvalue weighted by molar-refractivity contribution is 6.29. The Morgan fingerprint density at radius 2 is 1.88 bits per heavy atom. The van der Waals surface area contributed by atoms with E-state index in [-0.39, 0.29) is 5.95 Å². The van der Waals surface area contributed by atoms with E-state index in [0.29, 0.717) is 16.4 Å². The maximum Gasteiger partial charge on any atom is 0.221 e. The molecule has 2 rings (SSSR count). The fourth-order valence-corrected chi connectivity index (χ4v) is 1.49. The molecule has 1 aromatic carbocycles. The molecule has 5 heteroatoms. The van der Waals surface area contributed by atoms with Gasteiger partial charge in [-0.25, -0.2) is 9.97 Å². The van der Waals surface area contributed by atoms with Crippen molar-refractivity contribution >= 4 is 17.5 Å². The summed E-state index contributed by atoms with van der Waals surface area (Å²) in [7, 11) is 0. The molecule has 0 unspecified atom stereocenters. The first-order valence-corrected chi connectivity index (χ1v) is 4.87.